The molecule has 11 rings (SSSR count). The molecule has 55 heavy (non-hydrogen) atoms. The normalized spacial score (nSPS) is 11.6. The molecule has 3 aromatic heterocycles. The van der Waals surface area contributed by atoms with E-state index in [1.54, 1.807) is 0 Å². The number of rotatable bonds is 4. The van der Waals surface area contributed by atoms with Gasteiger partial charge in [-0.05, 0) is 66.7 Å². The van der Waals surface area contributed by atoms with Gasteiger partial charge in [-0.25, -0.2) is 0 Å². The van der Waals surface area contributed by atoms with Crippen LogP contribution < -0.4 is 0 Å². The molecule has 0 saturated carbocycles. The van der Waals surface area contributed by atoms with Crippen molar-refractivity contribution in [3.05, 3.63) is 187 Å². The summed E-state index contributed by atoms with van der Waals surface area (Å²) in [5.74, 6) is 0. The van der Waals surface area contributed by atoms with Crippen LogP contribution >= 0.6 is 0 Å². The summed E-state index contributed by atoms with van der Waals surface area (Å²) < 4.78 is 7.02. The molecule has 0 unspecified atom stereocenters. The highest BCUT2D eigenvalue weighted by Crippen LogP contribution is 2.44. The van der Waals surface area contributed by atoms with Crippen LogP contribution in [-0.2, 0) is 0 Å². The minimum absolute atomic E-state index is 0.581. The fourth-order valence-electron chi connectivity index (χ4n) is 8.90. The Morgan fingerprint density at radius 2 is 0.818 bits per heavy atom. The van der Waals surface area contributed by atoms with Gasteiger partial charge in [-0.1, -0.05) is 109 Å². The van der Waals surface area contributed by atoms with Crippen molar-refractivity contribution in [2.24, 2.45) is 0 Å². The van der Waals surface area contributed by atoms with Crippen LogP contribution in [0.5, 0.6) is 0 Å². The molecular weight excluding hydrogens is 671 g/mol. The van der Waals surface area contributed by atoms with E-state index in [1.807, 2.05) is 42.5 Å². The van der Waals surface area contributed by atoms with E-state index in [1.165, 1.54) is 10.8 Å². The average Bonchev–Trinajstić information content (AvgIpc) is 3.89. The van der Waals surface area contributed by atoms with E-state index in [2.05, 4.69) is 159 Å². The maximum atomic E-state index is 10.9. The first kappa shape index (κ1) is 30.7. The minimum Gasteiger partial charge on any atom is -0.309 e. The van der Waals surface area contributed by atoms with E-state index in [-0.39, 0.29) is 0 Å². The number of aromatic nitrogens is 3. The molecule has 0 N–H and O–H groups in total. The Labute approximate surface area is 316 Å². The van der Waals surface area contributed by atoms with Gasteiger partial charge in [0.05, 0.1) is 73.4 Å². The predicted octanol–water partition coefficient (Wildman–Crippen LogP) is 12.4. The highest BCUT2D eigenvalue weighted by molar-refractivity contribution is 6.16. The smallest absolute Gasteiger partial charge is 0.0998 e. The molecule has 3 heterocycles. The van der Waals surface area contributed by atoms with Crippen molar-refractivity contribution >= 4 is 65.4 Å². The molecule has 0 radical (unpaired) electrons. The third-order valence-electron chi connectivity index (χ3n) is 11.1. The van der Waals surface area contributed by atoms with Gasteiger partial charge in [0.2, 0.25) is 0 Å². The average molecular weight is 700 g/mol. The molecule has 0 aliphatic carbocycles. The largest absolute Gasteiger partial charge is 0.309 e. The van der Waals surface area contributed by atoms with Gasteiger partial charge in [0.1, 0.15) is 0 Å². The molecule has 0 aliphatic rings. The topological polar surface area (TPSA) is 62.4 Å². The lowest BCUT2D eigenvalue weighted by Gasteiger charge is -2.20. The standard InChI is InChI=1S/C50H29N5/c51-30-32-27-28-46-40(29-32)37-17-4-8-22-43(37)53(46)45-24-10-5-18-39(45)49-33(31-52)13-11-25-47(49)55-44-23-9-3-16-36(44)38-19-12-26-48(50(38)55)54-41-20-6-1-14-34(41)35-15-2-7-21-42(35)54/h1-29H. The summed E-state index contributed by atoms with van der Waals surface area (Å²) in [4.78, 5) is 0. The second-order valence-electron chi connectivity index (χ2n) is 13.9. The van der Waals surface area contributed by atoms with Gasteiger partial charge in [-0.3, -0.25) is 0 Å². The van der Waals surface area contributed by atoms with Crippen LogP contribution in [0.4, 0.5) is 0 Å². The van der Waals surface area contributed by atoms with Crippen molar-refractivity contribution in [1.82, 2.24) is 13.7 Å². The zero-order chi connectivity index (χ0) is 36.6. The number of fused-ring (bicyclic) bond motifs is 9. The molecule has 0 saturated heterocycles. The molecule has 0 spiro atoms. The number of hydrogen-bond donors (Lipinski definition) is 0. The van der Waals surface area contributed by atoms with Crippen molar-refractivity contribution in [2.75, 3.05) is 0 Å². The van der Waals surface area contributed by atoms with E-state index >= 15 is 0 Å². The first-order valence-electron chi connectivity index (χ1n) is 18.3. The van der Waals surface area contributed by atoms with Gasteiger partial charge < -0.3 is 13.7 Å². The molecule has 0 bridgehead atoms. The molecule has 11 aromatic rings. The van der Waals surface area contributed by atoms with Crippen LogP contribution in [0, 0.1) is 22.7 Å². The number of nitrogens with zero attached hydrogens (tertiary/aromatic N) is 5. The fraction of sp³-hybridized carbons (Fsp3) is 0. The van der Waals surface area contributed by atoms with Crippen LogP contribution in [0.2, 0.25) is 0 Å². The summed E-state index contributed by atoms with van der Waals surface area (Å²) in [6.07, 6.45) is 0. The highest BCUT2D eigenvalue weighted by Gasteiger charge is 2.24. The lowest BCUT2D eigenvalue weighted by Crippen LogP contribution is -2.05. The number of para-hydroxylation sites is 6. The van der Waals surface area contributed by atoms with Crippen molar-refractivity contribution < 1.29 is 0 Å². The molecule has 254 valence electrons. The van der Waals surface area contributed by atoms with Crippen molar-refractivity contribution in [1.29, 1.82) is 10.5 Å². The maximum absolute atomic E-state index is 10.9. The zero-order valence-corrected chi connectivity index (χ0v) is 29.5. The quantitative estimate of drug-likeness (QED) is 0.184. The Balaban J connectivity index is 1.28. The van der Waals surface area contributed by atoms with Gasteiger partial charge in [-0.15, -0.1) is 0 Å². The van der Waals surface area contributed by atoms with E-state index in [0.717, 1.165) is 82.8 Å². The summed E-state index contributed by atoms with van der Waals surface area (Å²) in [6, 6.07) is 65.9. The van der Waals surface area contributed by atoms with Gasteiger partial charge >= 0.3 is 0 Å². The molecule has 0 aliphatic heterocycles. The van der Waals surface area contributed by atoms with Crippen molar-refractivity contribution in [2.45, 2.75) is 0 Å². The van der Waals surface area contributed by atoms with E-state index in [9.17, 15) is 10.5 Å². The Morgan fingerprint density at radius 3 is 1.47 bits per heavy atom. The Morgan fingerprint density at radius 1 is 0.345 bits per heavy atom. The first-order valence-corrected chi connectivity index (χ1v) is 18.3. The molecule has 5 heteroatoms. The predicted molar refractivity (Wildman–Crippen MR) is 224 cm³/mol. The molecule has 5 nitrogen and oxygen atoms in total. The lowest BCUT2D eigenvalue weighted by molar-refractivity contribution is 1.13. The van der Waals surface area contributed by atoms with Gasteiger partial charge in [-0.2, -0.15) is 10.5 Å². The lowest BCUT2D eigenvalue weighted by atomic mass is 9.96. The Bertz CT molecular complexity index is 3420. The SMILES string of the molecule is N#Cc1ccc2c(c1)c1ccccc1n2-c1ccccc1-c1c(C#N)cccc1-n1c2ccccc2c2cccc(-n3c4ccccc4c4ccccc43)c21. The van der Waals surface area contributed by atoms with Crippen LogP contribution in [-0.4, -0.2) is 13.7 Å². The third kappa shape index (κ3) is 4.33. The summed E-state index contributed by atoms with van der Waals surface area (Å²) in [5, 5.41) is 27.4. The van der Waals surface area contributed by atoms with Crippen LogP contribution in [0.15, 0.2) is 176 Å². The fourth-order valence-corrected chi connectivity index (χ4v) is 8.90. The third-order valence-corrected chi connectivity index (χ3v) is 11.1. The second-order valence-corrected chi connectivity index (χ2v) is 13.9. The summed E-state index contributed by atoms with van der Waals surface area (Å²) in [6.45, 7) is 0. The number of benzene rings is 8. The van der Waals surface area contributed by atoms with Crippen LogP contribution in [0.1, 0.15) is 11.1 Å². The second kappa shape index (κ2) is 11.8. The van der Waals surface area contributed by atoms with E-state index in [0.29, 0.717) is 11.1 Å². The molecular formula is C50H29N5. The van der Waals surface area contributed by atoms with Crippen LogP contribution in [0.3, 0.4) is 0 Å². The number of hydrogen-bond acceptors (Lipinski definition) is 2. The Kier molecular flexibility index (Phi) is 6.61. The van der Waals surface area contributed by atoms with Gasteiger partial charge in [0.15, 0.2) is 0 Å². The van der Waals surface area contributed by atoms with Crippen LogP contribution in [0.25, 0.3) is 93.6 Å². The van der Waals surface area contributed by atoms with Gasteiger partial charge in [0, 0.05) is 43.4 Å². The maximum Gasteiger partial charge on any atom is 0.0998 e. The molecule has 0 amide bonds. The molecule has 0 fully saturated rings. The highest BCUT2D eigenvalue weighted by atomic mass is 15.1. The summed E-state index contributed by atoms with van der Waals surface area (Å²) >= 11 is 0. The van der Waals surface area contributed by atoms with E-state index in [4.69, 9.17) is 0 Å². The molecule has 0 atom stereocenters. The first-order chi connectivity index (χ1) is 27.2. The van der Waals surface area contributed by atoms with Crippen molar-refractivity contribution in [3.8, 4) is 40.3 Å². The number of nitriles is 2. The summed E-state index contributed by atoms with van der Waals surface area (Å²) in [5.41, 5.74) is 12.3. The monoisotopic (exact) mass is 699 g/mol. The zero-order valence-electron chi connectivity index (χ0n) is 29.5. The molecule has 8 aromatic carbocycles. The van der Waals surface area contributed by atoms with Gasteiger partial charge in [0.25, 0.3) is 0 Å². The minimum atomic E-state index is 0.581. The van der Waals surface area contributed by atoms with E-state index < -0.39 is 0 Å². The van der Waals surface area contributed by atoms with Crippen molar-refractivity contribution in [3.63, 3.8) is 0 Å². The Hall–Kier alpha value is -7.86. The summed E-state index contributed by atoms with van der Waals surface area (Å²) in [7, 11) is 0.